The van der Waals surface area contributed by atoms with Gasteiger partial charge in [0.1, 0.15) is 5.82 Å². The Morgan fingerprint density at radius 1 is 1.30 bits per heavy atom. The van der Waals surface area contributed by atoms with Crippen LogP contribution in [-0.2, 0) is 4.79 Å². The van der Waals surface area contributed by atoms with Gasteiger partial charge in [0.25, 0.3) is 0 Å². The summed E-state index contributed by atoms with van der Waals surface area (Å²) >= 11 is 0. The summed E-state index contributed by atoms with van der Waals surface area (Å²) in [6.45, 7) is 1.47. The average molecular weight is 316 g/mol. The summed E-state index contributed by atoms with van der Waals surface area (Å²) in [7, 11) is 0. The van der Waals surface area contributed by atoms with E-state index < -0.39 is 5.97 Å². The van der Waals surface area contributed by atoms with E-state index in [1.54, 1.807) is 4.90 Å². The summed E-state index contributed by atoms with van der Waals surface area (Å²) in [6, 6.07) is 7.76. The van der Waals surface area contributed by atoms with Crippen LogP contribution in [0.2, 0.25) is 0 Å². The summed E-state index contributed by atoms with van der Waals surface area (Å²) in [4.78, 5) is 32.2. The van der Waals surface area contributed by atoms with E-state index in [-0.39, 0.29) is 19.0 Å². The maximum absolute atomic E-state index is 12.0. The highest BCUT2D eigenvalue weighted by Gasteiger charge is 2.25. The molecule has 1 fully saturated rings. The number of carboxylic acid groups (broad SMARTS) is 1. The molecule has 3 N–H and O–H groups in total. The largest absolute Gasteiger partial charge is 0.481 e. The molecule has 2 amide bonds. The molecule has 122 valence electrons. The van der Waals surface area contributed by atoms with Crippen molar-refractivity contribution in [2.75, 3.05) is 19.6 Å². The van der Waals surface area contributed by atoms with Gasteiger partial charge in [-0.2, -0.15) is 0 Å². The second kappa shape index (κ2) is 6.68. The Labute approximate surface area is 133 Å². The van der Waals surface area contributed by atoms with Crippen LogP contribution in [0.3, 0.4) is 0 Å². The summed E-state index contributed by atoms with van der Waals surface area (Å²) in [5.41, 5.74) is 2.01. The molecule has 0 saturated carbocycles. The molecule has 2 aromatic rings. The van der Waals surface area contributed by atoms with Crippen LogP contribution in [0.25, 0.3) is 11.0 Å². The Hall–Kier alpha value is -2.57. The van der Waals surface area contributed by atoms with Crippen molar-refractivity contribution in [1.29, 1.82) is 0 Å². The van der Waals surface area contributed by atoms with E-state index in [0.29, 0.717) is 19.0 Å². The number of likely N-dealkylation sites (tertiary alicyclic amines) is 1. The monoisotopic (exact) mass is 316 g/mol. The molecule has 1 aliphatic rings. The van der Waals surface area contributed by atoms with Crippen LogP contribution in [0, 0.1) is 0 Å². The lowest BCUT2D eigenvalue weighted by Gasteiger charge is -2.31. The summed E-state index contributed by atoms with van der Waals surface area (Å²) < 4.78 is 0. The molecule has 7 heteroatoms. The summed E-state index contributed by atoms with van der Waals surface area (Å²) in [6.07, 6.45) is 1.65. The minimum Gasteiger partial charge on any atom is -0.481 e. The number of rotatable bonds is 4. The van der Waals surface area contributed by atoms with Crippen LogP contribution in [0.15, 0.2) is 24.3 Å². The van der Waals surface area contributed by atoms with E-state index >= 15 is 0 Å². The number of piperidine rings is 1. The SMILES string of the molecule is O=C(O)CCNC(=O)N1CCC(c2nc3ccccc3[nH]2)CC1. The minimum absolute atomic E-state index is 0.0544. The lowest BCUT2D eigenvalue weighted by molar-refractivity contribution is -0.136. The van der Waals surface area contributed by atoms with Gasteiger partial charge in [0.05, 0.1) is 17.5 Å². The lowest BCUT2D eigenvalue weighted by Crippen LogP contribution is -2.44. The van der Waals surface area contributed by atoms with E-state index in [1.165, 1.54) is 0 Å². The smallest absolute Gasteiger partial charge is 0.317 e. The molecule has 0 radical (unpaired) electrons. The maximum Gasteiger partial charge on any atom is 0.317 e. The molecule has 7 nitrogen and oxygen atoms in total. The number of aromatic nitrogens is 2. The van der Waals surface area contributed by atoms with Crippen LogP contribution in [0.5, 0.6) is 0 Å². The molecule has 0 atom stereocenters. The summed E-state index contributed by atoms with van der Waals surface area (Å²) in [5, 5.41) is 11.2. The third-order valence-corrected chi connectivity index (χ3v) is 4.19. The Morgan fingerprint density at radius 2 is 2.04 bits per heavy atom. The Morgan fingerprint density at radius 3 is 2.74 bits per heavy atom. The Balaban J connectivity index is 1.53. The van der Waals surface area contributed by atoms with Gasteiger partial charge in [-0.05, 0) is 25.0 Å². The number of nitrogens with one attached hydrogen (secondary N) is 2. The van der Waals surface area contributed by atoms with Crippen LogP contribution >= 0.6 is 0 Å². The van der Waals surface area contributed by atoms with Gasteiger partial charge in [-0.15, -0.1) is 0 Å². The number of aromatic amines is 1. The molecular formula is C16H20N4O3. The van der Waals surface area contributed by atoms with Gasteiger partial charge < -0.3 is 20.3 Å². The molecule has 1 aliphatic heterocycles. The van der Waals surface area contributed by atoms with Crippen molar-refractivity contribution in [3.8, 4) is 0 Å². The first-order chi connectivity index (χ1) is 11.1. The molecule has 23 heavy (non-hydrogen) atoms. The van der Waals surface area contributed by atoms with Crippen LogP contribution in [0.1, 0.15) is 31.0 Å². The van der Waals surface area contributed by atoms with Crippen molar-refractivity contribution in [1.82, 2.24) is 20.2 Å². The number of carbonyl (C=O) groups excluding carboxylic acids is 1. The van der Waals surface area contributed by atoms with E-state index in [4.69, 9.17) is 5.11 Å². The molecule has 0 unspecified atom stereocenters. The maximum atomic E-state index is 12.0. The quantitative estimate of drug-likeness (QED) is 0.802. The first kappa shape index (κ1) is 15.3. The highest BCUT2D eigenvalue weighted by molar-refractivity contribution is 5.76. The third kappa shape index (κ3) is 3.61. The van der Waals surface area contributed by atoms with Gasteiger partial charge in [0.2, 0.25) is 0 Å². The van der Waals surface area contributed by atoms with Gasteiger partial charge in [-0.3, -0.25) is 4.79 Å². The molecular weight excluding hydrogens is 296 g/mol. The van der Waals surface area contributed by atoms with Gasteiger partial charge in [-0.1, -0.05) is 12.1 Å². The molecule has 1 aromatic heterocycles. The fourth-order valence-corrected chi connectivity index (χ4v) is 2.91. The average Bonchev–Trinajstić information content (AvgIpc) is 2.98. The Kier molecular flexibility index (Phi) is 4.45. The number of carbonyl (C=O) groups is 2. The number of hydrogen-bond donors (Lipinski definition) is 3. The standard InChI is InChI=1S/C16H20N4O3/c21-14(22)5-8-17-16(23)20-9-6-11(7-10-20)15-18-12-3-1-2-4-13(12)19-15/h1-4,11H,5-10H2,(H,17,23)(H,18,19)(H,21,22). The number of nitrogens with zero attached hydrogens (tertiary/aromatic N) is 2. The molecule has 3 rings (SSSR count). The van der Waals surface area contributed by atoms with Crippen LogP contribution in [0.4, 0.5) is 4.79 Å². The van der Waals surface area contributed by atoms with Crippen molar-refractivity contribution in [3.05, 3.63) is 30.1 Å². The summed E-state index contributed by atoms with van der Waals surface area (Å²) in [5.74, 6) is 0.400. The number of imidazole rings is 1. The predicted octanol–water partition coefficient (Wildman–Crippen LogP) is 1.93. The number of aliphatic carboxylic acids is 1. The van der Waals surface area contributed by atoms with Gasteiger partial charge >= 0.3 is 12.0 Å². The number of benzene rings is 1. The highest BCUT2D eigenvalue weighted by atomic mass is 16.4. The van der Waals surface area contributed by atoms with Crippen molar-refractivity contribution in [2.45, 2.75) is 25.2 Å². The van der Waals surface area contributed by atoms with Crippen LogP contribution in [-0.4, -0.2) is 51.6 Å². The zero-order chi connectivity index (χ0) is 16.2. The number of para-hydroxylation sites is 2. The number of amides is 2. The lowest BCUT2D eigenvalue weighted by atomic mass is 9.96. The van der Waals surface area contributed by atoms with E-state index in [1.807, 2.05) is 24.3 Å². The zero-order valence-corrected chi connectivity index (χ0v) is 12.8. The van der Waals surface area contributed by atoms with Gasteiger partial charge in [0.15, 0.2) is 0 Å². The first-order valence-electron chi connectivity index (χ1n) is 7.82. The number of fused-ring (bicyclic) bond motifs is 1. The van der Waals surface area contributed by atoms with Gasteiger partial charge in [-0.25, -0.2) is 9.78 Å². The molecule has 0 spiro atoms. The normalized spacial score (nSPS) is 15.7. The second-order valence-electron chi connectivity index (χ2n) is 5.78. The van der Waals surface area contributed by atoms with Crippen molar-refractivity contribution in [3.63, 3.8) is 0 Å². The third-order valence-electron chi connectivity index (χ3n) is 4.19. The highest BCUT2D eigenvalue weighted by Crippen LogP contribution is 2.27. The second-order valence-corrected chi connectivity index (χ2v) is 5.78. The van der Waals surface area contributed by atoms with Crippen molar-refractivity contribution in [2.24, 2.45) is 0 Å². The molecule has 1 saturated heterocycles. The van der Waals surface area contributed by atoms with Crippen molar-refractivity contribution < 1.29 is 14.7 Å². The van der Waals surface area contributed by atoms with Crippen molar-refractivity contribution >= 4 is 23.0 Å². The Bertz CT molecular complexity index is 671. The molecule has 0 aliphatic carbocycles. The number of carboxylic acids is 1. The van der Waals surface area contributed by atoms with Crippen LogP contribution < -0.4 is 5.32 Å². The number of hydrogen-bond acceptors (Lipinski definition) is 3. The first-order valence-corrected chi connectivity index (χ1v) is 7.82. The molecule has 0 bridgehead atoms. The number of H-pyrrole nitrogens is 1. The zero-order valence-electron chi connectivity index (χ0n) is 12.8. The fourth-order valence-electron chi connectivity index (χ4n) is 2.91. The minimum atomic E-state index is -0.908. The topological polar surface area (TPSA) is 98.3 Å². The van der Waals surface area contributed by atoms with E-state index in [2.05, 4.69) is 15.3 Å². The van der Waals surface area contributed by atoms with E-state index in [0.717, 1.165) is 29.7 Å². The van der Waals surface area contributed by atoms with Gasteiger partial charge in [0, 0.05) is 25.6 Å². The van der Waals surface area contributed by atoms with E-state index in [9.17, 15) is 9.59 Å². The molecule has 2 heterocycles. The fraction of sp³-hybridized carbons (Fsp3) is 0.438. The predicted molar refractivity (Wildman–Crippen MR) is 85.3 cm³/mol. The number of urea groups is 1. The molecule has 1 aromatic carbocycles.